The van der Waals surface area contributed by atoms with Crippen molar-refractivity contribution in [1.29, 1.82) is 0 Å². The number of hydrogen-bond donors (Lipinski definition) is 1. The highest BCUT2D eigenvalue weighted by Crippen LogP contribution is 2.24. The number of halogens is 3. The summed E-state index contributed by atoms with van der Waals surface area (Å²) in [4.78, 5) is -0.292. The molecule has 1 fully saturated rings. The number of nitrogens with two attached hydrogens (primary N) is 1. The summed E-state index contributed by atoms with van der Waals surface area (Å²) in [6, 6.07) is 3.76. The number of rotatable bonds is 2. The van der Waals surface area contributed by atoms with E-state index in [2.05, 4.69) is 15.9 Å². The average Bonchev–Trinajstić information content (AvgIpc) is 2.28. The van der Waals surface area contributed by atoms with E-state index in [-0.39, 0.29) is 29.9 Å². The van der Waals surface area contributed by atoms with Gasteiger partial charge in [-0.3, -0.25) is 0 Å². The summed E-state index contributed by atoms with van der Waals surface area (Å²) >= 11 is 3.10. The lowest BCUT2D eigenvalue weighted by Gasteiger charge is -2.29. The number of sulfonamides is 1. The highest BCUT2D eigenvalue weighted by atomic mass is 79.9. The lowest BCUT2D eigenvalue weighted by Crippen LogP contribution is -2.45. The molecule has 1 aromatic carbocycles. The monoisotopic (exact) mass is 372 g/mol. The van der Waals surface area contributed by atoms with Crippen LogP contribution in [0.15, 0.2) is 27.6 Å². The lowest BCUT2D eigenvalue weighted by atomic mass is 10.1. The van der Waals surface area contributed by atoms with E-state index in [1.165, 1.54) is 16.4 Å². The van der Waals surface area contributed by atoms with Gasteiger partial charge in [0.05, 0.1) is 0 Å². The summed E-state index contributed by atoms with van der Waals surface area (Å²) in [6.07, 6.45) is 1.51. The number of hydrogen-bond acceptors (Lipinski definition) is 3. The largest absolute Gasteiger partial charge is 0.327 e. The first-order valence-electron chi connectivity index (χ1n) is 5.62. The first-order valence-corrected chi connectivity index (χ1v) is 7.85. The molecule has 1 saturated heterocycles. The van der Waals surface area contributed by atoms with Crippen molar-refractivity contribution in [3.63, 3.8) is 0 Å². The topological polar surface area (TPSA) is 63.4 Å². The van der Waals surface area contributed by atoms with E-state index in [0.717, 1.165) is 12.5 Å². The molecule has 4 nitrogen and oxygen atoms in total. The van der Waals surface area contributed by atoms with Crippen LogP contribution >= 0.6 is 28.3 Å². The van der Waals surface area contributed by atoms with Gasteiger partial charge in [-0.2, -0.15) is 4.31 Å². The lowest BCUT2D eigenvalue weighted by molar-refractivity contribution is 0.315. The Bertz CT molecular complexity index is 556. The maximum Gasteiger partial charge on any atom is 0.246 e. The van der Waals surface area contributed by atoms with Crippen LogP contribution in [0, 0.1) is 5.82 Å². The maximum atomic E-state index is 13.7. The Balaban J connectivity index is 0.00000180. The van der Waals surface area contributed by atoms with Crippen molar-refractivity contribution in [2.75, 3.05) is 13.1 Å². The first kappa shape index (κ1) is 16.8. The molecule has 0 amide bonds. The molecule has 0 aromatic heterocycles. The molecule has 0 bridgehead atoms. The molecular formula is C11H15BrClFN2O2S. The predicted octanol–water partition coefficient (Wildman–Crippen LogP) is 2.12. The zero-order valence-corrected chi connectivity index (χ0v) is 13.3. The molecule has 0 spiro atoms. The summed E-state index contributed by atoms with van der Waals surface area (Å²) in [5.74, 6) is -0.747. The van der Waals surface area contributed by atoms with E-state index in [0.29, 0.717) is 17.4 Å². The van der Waals surface area contributed by atoms with E-state index >= 15 is 0 Å². The fourth-order valence-electron chi connectivity index (χ4n) is 2.02. The molecule has 1 aliphatic rings. The quantitative estimate of drug-likeness (QED) is 0.864. The highest BCUT2D eigenvalue weighted by Gasteiger charge is 2.30. The minimum atomic E-state index is -3.78. The Labute approximate surface area is 126 Å². The Kier molecular flexibility index (Phi) is 5.76. The van der Waals surface area contributed by atoms with Gasteiger partial charge in [-0.05, 0) is 31.0 Å². The minimum absolute atomic E-state index is 0. The molecule has 1 atom stereocenters. The van der Waals surface area contributed by atoms with Gasteiger partial charge in [-0.25, -0.2) is 12.8 Å². The fraction of sp³-hybridized carbons (Fsp3) is 0.455. The second-order valence-electron chi connectivity index (χ2n) is 4.34. The van der Waals surface area contributed by atoms with Crippen molar-refractivity contribution in [2.45, 2.75) is 23.8 Å². The third-order valence-electron chi connectivity index (χ3n) is 2.93. The van der Waals surface area contributed by atoms with Gasteiger partial charge in [0.15, 0.2) is 0 Å². The van der Waals surface area contributed by atoms with Crippen molar-refractivity contribution >= 4 is 38.4 Å². The zero-order valence-electron chi connectivity index (χ0n) is 10.1. The van der Waals surface area contributed by atoms with E-state index in [1.807, 2.05) is 0 Å². The number of piperidine rings is 1. The van der Waals surface area contributed by atoms with Crippen molar-refractivity contribution in [2.24, 2.45) is 5.73 Å². The van der Waals surface area contributed by atoms with E-state index in [4.69, 9.17) is 5.73 Å². The minimum Gasteiger partial charge on any atom is -0.327 e. The molecule has 1 unspecified atom stereocenters. The second kappa shape index (κ2) is 6.49. The molecule has 0 radical (unpaired) electrons. The predicted molar refractivity (Wildman–Crippen MR) is 77.3 cm³/mol. The second-order valence-corrected chi connectivity index (χ2v) is 7.16. The summed E-state index contributed by atoms with van der Waals surface area (Å²) in [7, 11) is -3.78. The van der Waals surface area contributed by atoms with Crippen molar-refractivity contribution < 1.29 is 12.8 Å². The number of benzene rings is 1. The first-order chi connectivity index (χ1) is 8.41. The third-order valence-corrected chi connectivity index (χ3v) is 5.32. The van der Waals surface area contributed by atoms with Gasteiger partial charge in [0.1, 0.15) is 10.7 Å². The highest BCUT2D eigenvalue weighted by molar-refractivity contribution is 9.10. The molecule has 1 heterocycles. The summed E-state index contributed by atoms with van der Waals surface area (Å²) in [5, 5.41) is 0. The smallest absolute Gasteiger partial charge is 0.246 e. The van der Waals surface area contributed by atoms with Gasteiger partial charge in [0.25, 0.3) is 0 Å². The summed E-state index contributed by atoms with van der Waals surface area (Å²) < 4.78 is 40.1. The van der Waals surface area contributed by atoms with Crippen LogP contribution in [0.5, 0.6) is 0 Å². The molecule has 0 aliphatic carbocycles. The molecule has 19 heavy (non-hydrogen) atoms. The van der Waals surface area contributed by atoms with Gasteiger partial charge in [-0.15, -0.1) is 12.4 Å². The van der Waals surface area contributed by atoms with Crippen LogP contribution in [0.4, 0.5) is 4.39 Å². The Morgan fingerprint density at radius 2 is 2.11 bits per heavy atom. The molecule has 108 valence electrons. The molecular weight excluding hydrogens is 359 g/mol. The number of nitrogens with zero attached hydrogens (tertiary/aromatic N) is 1. The standard InChI is InChI=1S/C11H14BrFN2O2S.ClH/c12-8-3-4-11(10(13)6-8)18(16,17)15-5-1-2-9(14)7-15;/h3-4,6,9H,1-2,5,7,14H2;1H. The van der Waals surface area contributed by atoms with E-state index < -0.39 is 15.8 Å². The molecule has 1 aromatic rings. The molecule has 8 heteroatoms. The van der Waals surface area contributed by atoms with Gasteiger partial charge >= 0.3 is 0 Å². The zero-order chi connectivity index (χ0) is 13.3. The Hall–Kier alpha value is -0.210. The van der Waals surface area contributed by atoms with Crippen LogP contribution in [-0.4, -0.2) is 31.9 Å². The van der Waals surface area contributed by atoms with Crippen molar-refractivity contribution in [1.82, 2.24) is 4.31 Å². The van der Waals surface area contributed by atoms with Crippen molar-refractivity contribution in [3.05, 3.63) is 28.5 Å². The van der Waals surface area contributed by atoms with E-state index in [1.54, 1.807) is 0 Å². The van der Waals surface area contributed by atoms with Crippen LogP contribution in [-0.2, 0) is 10.0 Å². The van der Waals surface area contributed by atoms with Crippen LogP contribution in [0.1, 0.15) is 12.8 Å². The van der Waals surface area contributed by atoms with Crippen LogP contribution in [0.2, 0.25) is 0 Å². The van der Waals surface area contributed by atoms with Crippen molar-refractivity contribution in [3.8, 4) is 0 Å². The summed E-state index contributed by atoms with van der Waals surface area (Å²) in [5.41, 5.74) is 5.75. The van der Waals surface area contributed by atoms with Gasteiger partial charge < -0.3 is 5.73 Å². The van der Waals surface area contributed by atoms with Gasteiger partial charge in [-0.1, -0.05) is 15.9 Å². The van der Waals surface area contributed by atoms with E-state index in [9.17, 15) is 12.8 Å². The Morgan fingerprint density at radius 3 is 2.68 bits per heavy atom. The van der Waals surface area contributed by atoms with Gasteiger partial charge in [0, 0.05) is 23.6 Å². The van der Waals surface area contributed by atoms with Crippen LogP contribution < -0.4 is 5.73 Å². The Morgan fingerprint density at radius 1 is 1.42 bits per heavy atom. The summed E-state index contributed by atoms with van der Waals surface area (Å²) in [6.45, 7) is 0.642. The van der Waals surface area contributed by atoms with Crippen LogP contribution in [0.25, 0.3) is 0 Å². The molecule has 2 rings (SSSR count). The maximum absolute atomic E-state index is 13.7. The molecule has 1 aliphatic heterocycles. The van der Waals surface area contributed by atoms with Gasteiger partial charge in [0.2, 0.25) is 10.0 Å². The average molecular weight is 374 g/mol. The fourth-order valence-corrected chi connectivity index (χ4v) is 3.93. The third kappa shape index (κ3) is 3.66. The van der Waals surface area contributed by atoms with Crippen LogP contribution in [0.3, 0.4) is 0 Å². The SMILES string of the molecule is Cl.NC1CCCN(S(=O)(=O)c2ccc(Br)cc2F)C1. The normalized spacial score (nSPS) is 20.9. The molecule has 2 N–H and O–H groups in total. The molecule has 0 saturated carbocycles.